The maximum absolute atomic E-state index is 9.50. The van der Waals surface area contributed by atoms with E-state index in [1.807, 2.05) is 0 Å². The van der Waals surface area contributed by atoms with Crippen molar-refractivity contribution < 1.29 is 9.84 Å². The minimum atomic E-state index is 0.264. The van der Waals surface area contributed by atoms with Gasteiger partial charge in [0.25, 0.3) is 0 Å². The molecule has 0 spiro atoms. The Bertz CT molecular complexity index is 246. The van der Waals surface area contributed by atoms with Gasteiger partial charge in [-0.05, 0) is 14.0 Å². The Morgan fingerprint density at radius 1 is 1.17 bits per heavy atom. The van der Waals surface area contributed by atoms with Crippen LogP contribution in [0.3, 0.4) is 0 Å². The second-order valence-electron chi connectivity index (χ2n) is 5.57. The van der Waals surface area contributed by atoms with Crippen molar-refractivity contribution >= 4 is 0 Å². The number of likely N-dealkylation sites (N-methyl/N-ethyl adjacent to an activating group) is 1. The highest BCUT2D eigenvalue weighted by Gasteiger charge is 2.29. The predicted molar refractivity (Wildman–Crippen MR) is 71.8 cm³/mol. The molecule has 2 aliphatic heterocycles. The molecule has 2 fully saturated rings. The maximum Gasteiger partial charge on any atom is 0.0599 e. The molecular weight excluding hydrogens is 230 g/mol. The lowest BCUT2D eigenvalue weighted by Crippen LogP contribution is -2.58. The predicted octanol–water partition coefficient (Wildman–Crippen LogP) is -0.685. The first kappa shape index (κ1) is 14.2. The molecule has 2 heterocycles. The van der Waals surface area contributed by atoms with E-state index in [1.54, 1.807) is 0 Å². The van der Waals surface area contributed by atoms with Gasteiger partial charge < -0.3 is 14.7 Å². The summed E-state index contributed by atoms with van der Waals surface area (Å²) in [7, 11) is 2.15. The van der Waals surface area contributed by atoms with E-state index in [4.69, 9.17) is 4.74 Å². The lowest BCUT2D eigenvalue weighted by molar-refractivity contribution is 0.00140. The number of aliphatic hydroxyl groups excluding tert-OH is 1. The first-order valence-corrected chi connectivity index (χ1v) is 7.06. The van der Waals surface area contributed by atoms with Gasteiger partial charge in [-0.15, -0.1) is 0 Å². The largest absolute Gasteiger partial charge is 0.395 e. The molecule has 2 atom stereocenters. The molecule has 106 valence electrons. The van der Waals surface area contributed by atoms with Gasteiger partial charge in [-0.2, -0.15) is 0 Å². The van der Waals surface area contributed by atoms with E-state index < -0.39 is 0 Å². The third-order valence-electron chi connectivity index (χ3n) is 4.28. The van der Waals surface area contributed by atoms with Crippen molar-refractivity contribution in [3.63, 3.8) is 0 Å². The van der Waals surface area contributed by atoms with E-state index in [1.165, 1.54) is 0 Å². The summed E-state index contributed by atoms with van der Waals surface area (Å²) in [6, 6.07) is 0.879. The second kappa shape index (κ2) is 6.82. The van der Waals surface area contributed by atoms with E-state index >= 15 is 0 Å². The highest BCUT2D eigenvalue weighted by Crippen LogP contribution is 2.13. The first-order valence-electron chi connectivity index (χ1n) is 7.06. The summed E-state index contributed by atoms with van der Waals surface area (Å²) in [5.41, 5.74) is 0. The van der Waals surface area contributed by atoms with Gasteiger partial charge in [0, 0.05) is 51.4 Å². The Kier molecular flexibility index (Phi) is 5.38. The summed E-state index contributed by atoms with van der Waals surface area (Å²) in [4.78, 5) is 7.24. The average Bonchev–Trinajstić information content (AvgIpc) is 2.41. The molecule has 0 saturated carbocycles. The van der Waals surface area contributed by atoms with Crippen LogP contribution in [0, 0.1) is 0 Å². The van der Waals surface area contributed by atoms with Crippen LogP contribution >= 0.6 is 0 Å². The van der Waals surface area contributed by atoms with E-state index in [9.17, 15) is 5.11 Å². The Morgan fingerprint density at radius 2 is 1.89 bits per heavy atom. The van der Waals surface area contributed by atoms with Crippen LogP contribution in [0.4, 0.5) is 0 Å². The summed E-state index contributed by atoms with van der Waals surface area (Å²) in [5.74, 6) is 0. The Hall–Kier alpha value is -0.200. The van der Waals surface area contributed by atoms with Crippen LogP contribution in [-0.2, 0) is 4.74 Å². The van der Waals surface area contributed by atoms with Crippen molar-refractivity contribution in [2.45, 2.75) is 19.0 Å². The van der Waals surface area contributed by atoms with Gasteiger partial charge in [0.1, 0.15) is 0 Å². The summed E-state index contributed by atoms with van der Waals surface area (Å²) in [6.07, 6.45) is 0. The van der Waals surface area contributed by atoms with E-state index in [0.717, 1.165) is 52.5 Å². The number of hydrogen-bond acceptors (Lipinski definition) is 5. The quantitative estimate of drug-likeness (QED) is 0.722. The standard InChI is InChI=1S/C13H27N3O2/c1-12-9-16(13(11-17)10-14(12)2)4-3-15-5-7-18-8-6-15/h12-13,17H,3-11H2,1-2H3. The summed E-state index contributed by atoms with van der Waals surface area (Å²) in [6.45, 7) is 10.5. The number of aliphatic hydroxyl groups is 1. The number of morpholine rings is 1. The highest BCUT2D eigenvalue weighted by atomic mass is 16.5. The van der Waals surface area contributed by atoms with E-state index in [-0.39, 0.29) is 6.61 Å². The van der Waals surface area contributed by atoms with Crippen molar-refractivity contribution in [3.05, 3.63) is 0 Å². The van der Waals surface area contributed by atoms with Crippen LogP contribution in [0.15, 0.2) is 0 Å². The van der Waals surface area contributed by atoms with Crippen molar-refractivity contribution in [1.29, 1.82) is 0 Å². The number of ether oxygens (including phenoxy) is 1. The molecule has 0 aromatic rings. The zero-order valence-corrected chi connectivity index (χ0v) is 11.7. The number of rotatable bonds is 4. The average molecular weight is 257 g/mol. The normalized spacial score (nSPS) is 32.8. The topological polar surface area (TPSA) is 39.2 Å². The fraction of sp³-hybridized carbons (Fsp3) is 1.00. The SMILES string of the molecule is CC1CN(CCN2CCOCC2)C(CO)CN1C. The van der Waals surface area contributed by atoms with Gasteiger partial charge in [-0.25, -0.2) is 0 Å². The minimum Gasteiger partial charge on any atom is -0.395 e. The minimum absolute atomic E-state index is 0.264. The molecular formula is C13H27N3O2. The highest BCUT2D eigenvalue weighted by molar-refractivity contribution is 4.85. The first-order chi connectivity index (χ1) is 8.70. The van der Waals surface area contributed by atoms with Crippen LogP contribution in [0.25, 0.3) is 0 Å². The van der Waals surface area contributed by atoms with Crippen molar-refractivity contribution in [3.8, 4) is 0 Å². The third-order valence-corrected chi connectivity index (χ3v) is 4.28. The van der Waals surface area contributed by atoms with Crippen molar-refractivity contribution in [2.24, 2.45) is 0 Å². The molecule has 2 saturated heterocycles. The molecule has 2 rings (SSSR count). The summed E-state index contributed by atoms with van der Waals surface area (Å²) < 4.78 is 5.36. The molecule has 0 radical (unpaired) electrons. The summed E-state index contributed by atoms with van der Waals surface area (Å²) >= 11 is 0. The molecule has 18 heavy (non-hydrogen) atoms. The van der Waals surface area contributed by atoms with Gasteiger partial charge >= 0.3 is 0 Å². The molecule has 1 N–H and O–H groups in total. The van der Waals surface area contributed by atoms with Crippen LogP contribution in [0.1, 0.15) is 6.92 Å². The zero-order valence-electron chi connectivity index (χ0n) is 11.7. The molecule has 2 aliphatic rings. The van der Waals surface area contributed by atoms with Gasteiger partial charge in [-0.3, -0.25) is 9.80 Å². The molecule has 5 heteroatoms. The van der Waals surface area contributed by atoms with Crippen LogP contribution in [-0.4, -0.2) is 98.0 Å². The van der Waals surface area contributed by atoms with Gasteiger partial charge in [0.05, 0.1) is 19.8 Å². The lowest BCUT2D eigenvalue weighted by atomic mass is 10.1. The fourth-order valence-corrected chi connectivity index (χ4v) is 2.80. The smallest absolute Gasteiger partial charge is 0.0599 e. The molecule has 0 aromatic heterocycles. The van der Waals surface area contributed by atoms with E-state index in [0.29, 0.717) is 12.1 Å². The van der Waals surface area contributed by atoms with Gasteiger partial charge in [0.2, 0.25) is 0 Å². The number of hydrogen-bond donors (Lipinski definition) is 1. The van der Waals surface area contributed by atoms with Crippen LogP contribution < -0.4 is 0 Å². The van der Waals surface area contributed by atoms with Crippen LogP contribution in [0.2, 0.25) is 0 Å². The molecule has 0 bridgehead atoms. The monoisotopic (exact) mass is 257 g/mol. The lowest BCUT2D eigenvalue weighted by Gasteiger charge is -2.44. The van der Waals surface area contributed by atoms with Gasteiger partial charge in [-0.1, -0.05) is 0 Å². The summed E-state index contributed by atoms with van der Waals surface area (Å²) in [5, 5.41) is 9.50. The van der Waals surface area contributed by atoms with Crippen molar-refractivity contribution in [2.75, 3.05) is 66.1 Å². The van der Waals surface area contributed by atoms with Crippen LogP contribution in [0.5, 0.6) is 0 Å². The zero-order chi connectivity index (χ0) is 13.0. The molecule has 0 aromatic carbocycles. The molecule has 5 nitrogen and oxygen atoms in total. The van der Waals surface area contributed by atoms with Gasteiger partial charge in [0.15, 0.2) is 0 Å². The Balaban J connectivity index is 1.78. The van der Waals surface area contributed by atoms with E-state index in [2.05, 4.69) is 28.7 Å². The Labute approximate surface area is 110 Å². The molecule has 0 aliphatic carbocycles. The number of nitrogens with zero attached hydrogens (tertiary/aromatic N) is 3. The fourth-order valence-electron chi connectivity index (χ4n) is 2.80. The third kappa shape index (κ3) is 3.65. The molecule has 0 amide bonds. The molecule has 2 unspecified atom stereocenters. The second-order valence-corrected chi connectivity index (χ2v) is 5.57. The Morgan fingerprint density at radius 3 is 2.56 bits per heavy atom. The van der Waals surface area contributed by atoms with Crippen molar-refractivity contribution in [1.82, 2.24) is 14.7 Å². The number of piperazine rings is 1. The maximum atomic E-state index is 9.50.